The van der Waals surface area contributed by atoms with Gasteiger partial charge < -0.3 is 4.74 Å². The second-order valence-electron chi connectivity index (χ2n) is 4.85. The summed E-state index contributed by atoms with van der Waals surface area (Å²) in [5.41, 5.74) is 2.04. The molecule has 1 atom stereocenters. The Morgan fingerprint density at radius 3 is 2.71 bits per heavy atom. The molecular formula is C17H17NO2S. The number of carbonyl (C=O) groups excluding carboxylic acids is 1. The predicted octanol–water partition coefficient (Wildman–Crippen LogP) is 3.86. The second kappa shape index (κ2) is 6.22. The Morgan fingerprint density at radius 1 is 1.14 bits per heavy atom. The summed E-state index contributed by atoms with van der Waals surface area (Å²) in [6.07, 6.45) is 0.583. The Kier molecular flexibility index (Phi) is 4.15. The van der Waals surface area contributed by atoms with Gasteiger partial charge in [0.25, 0.3) is 0 Å². The number of rotatable bonds is 3. The summed E-state index contributed by atoms with van der Waals surface area (Å²) in [6, 6.07) is 17.8. The average Bonchev–Trinajstić information content (AvgIpc) is 2.55. The summed E-state index contributed by atoms with van der Waals surface area (Å²) in [5.74, 6) is 1.84. The minimum Gasteiger partial charge on any atom is -0.497 e. The Labute approximate surface area is 128 Å². The topological polar surface area (TPSA) is 29.5 Å². The first-order valence-electron chi connectivity index (χ1n) is 6.92. The number of anilines is 1. The second-order valence-corrected chi connectivity index (χ2v) is 6.04. The molecule has 1 fully saturated rings. The molecular weight excluding hydrogens is 282 g/mol. The van der Waals surface area contributed by atoms with E-state index in [4.69, 9.17) is 4.74 Å². The van der Waals surface area contributed by atoms with E-state index in [0.717, 1.165) is 22.8 Å². The molecule has 0 spiro atoms. The van der Waals surface area contributed by atoms with Gasteiger partial charge in [0.1, 0.15) is 11.1 Å². The Morgan fingerprint density at radius 2 is 1.95 bits per heavy atom. The van der Waals surface area contributed by atoms with Gasteiger partial charge in [0, 0.05) is 17.9 Å². The maximum absolute atomic E-state index is 12.4. The Balaban J connectivity index is 1.99. The summed E-state index contributed by atoms with van der Waals surface area (Å²) in [6.45, 7) is 0. The van der Waals surface area contributed by atoms with E-state index in [1.165, 1.54) is 0 Å². The van der Waals surface area contributed by atoms with E-state index < -0.39 is 0 Å². The van der Waals surface area contributed by atoms with Crippen molar-refractivity contribution in [3.05, 3.63) is 60.2 Å². The van der Waals surface area contributed by atoms with Crippen LogP contribution in [0.3, 0.4) is 0 Å². The van der Waals surface area contributed by atoms with Crippen molar-refractivity contribution >= 4 is 23.4 Å². The van der Waals surface area contributed by atoms with Gasteiger partial charge in [0.2, 0.25) is 5.91 Å². The van der Waals surface area contributed by atoms with E-state index in [0.29, 0.717) is 6.42 Å². The van der Waals surface area contributed by atoms with Gasteiger partial charge in [0.15, 0.2) is 0 Å². The predicted molar refractivity (Wildman–Crippen MR) is 86.7 cm³/mol. The lowest BCUT2D eigenvalue weighted by Crippen LogP contribution is -2.37. The van der Waals surface area contributed by atoms with E-state index in [9.17, 15) is 4.79 Å². The summed E-state index contributed by atoms with van der Waals surface area (Å²) in [4.78, 5) is 14.3. The zero-order valence-electron chi connectivity index (χ0n) is 11.9. The van der Waals surface area contributed by atoms with Crippen molar-refractivity contribution in [1.82, 2.24) is 0 Å². The molecule has 4 heteroatoms. The molecule has 0 N–H and O–H groups in total. The van der Waals surface area contributed by atoms with Crippen molar-refractivity contribution < 1.29 is 9.53 Å². The molecule has 108 valence electrons. The van der Waals surface area contributed by atoms with Gasteiger partial charge in [-0.25, -0.2) is 0 Å². The van der Waals surface area contributed by atoms with Gasteiger partial charge in [-0.15, -0.1) is 11.8 Å². The summed E-state index contributed by atoms with van der Waals surface area (Å²) >= 11 is 1.79. The molecule has 0 aromatic heterocycles. The van der Waals surface area contributed by atoms with E-state index in [1.807, 2.05) is 53.4 Å². The molecule has 2 aromatic rings. The molecule has 3 rings (SSSR count). The van der Waals surface area contributed by atoms with Gasteiger partial charge in [-0.3, -0.25) is 9.69 Å². The fourth-order valence-corrected chi connectivity index (χ4v) is 3.74. The standard InChI is InChI=1S/C17H17NO2S/c1-20-15-9-5-6-13(12-15)17-18(16(19)10-11-21-17)14-7-3-2-4-8-14/h2-9,12,17H,10-11H2,1H3. The molecule has 21 heavy (non-hydrogen) atoms. The lowest BCUT2D eigenvalue weighted by Gasteiger charge is -2.35. The van der Waals surface area contributed by atoms with E-state index >= 15 is 0 Å². The van der Waals surface area contributed by atoms with Crippen molar-refractivity contribution in [2.45, 2.75) is 11.8 Å². The van der Waals surface area contributed by atoms with Gasteiger partial charge in [0.05, 0.1) is 7.11 Å². The third-order valence-electron chi connectivity index (χ3n) is 3.51. The molecule has 2 aromatic carbocycles. The fraction of sp³-hybridized carbons (Fsp3) is 0.235. The van der Waals surface area contributed by atoms with E-state index in [1.54, 1.807) is 18.9 Å². The number of nitrogens with zero attached hydrogens (tertiary/aromatic N) is 1. The summed E-state index contributed by atoms with van der Waals surface area (Å²) in [7, 11) is 1.66. The maximum atomic E-state index is 12.4. The van der Waals surface area contributed by atoms with Gasteiger partial charge in [-0.1, -0.05) is 30.3 Å². The molecule has 1 aliphatic rings. The molecule has 1 aliphatic heterocycles. The smallest absolute Gasteiger partial charge is 0.229 e. The molecule has 1 amide bonds. The zero-order valence-corrected chi connectivity index (χ0v) is 12.7. The van der Waals surface area contributed by atoms with Crippen LogP contribution in [-0.2, 0) is 4.79 Å². The van der Waals surface area contributed by atoms with Gasteiger partial charge in [-0.2, -0.15) is 0 Å². The number of benzene rings is 2. The van der Waals surface area contributed by atoms with Crippen LogP contribution in [-0.4, -0.2) is 18.8 Å². The third kappa shape index (κ3) is 2.90. The fourth-order valence-electron chi connectivity index (χ4n) is 2.49. The Hall–Kier alpha value is -1.94. The van der Waals surface area contributed by atoms with Crippen LogP contribution in [0.15, 0.2) is 54.6 Å². The molecule has 0 aliphatic carbocycles. The van der Waals surface area contributed by atoms with Crippen LogP contribution >= 0.6 is 11.8 Å². The lowest BCUT2D eigenvalue weighted by molar-refractivity contribution is -0.118. The molecule has 0 bridgehead atoms. The minimum absolute atomic E-state index is 0.00347. The van der Waals surface area contributed by atoms with Crippen LogP contribution in [0.25, 0.3) is 0 Å². The minimum atomic E-state index is 0.00347. The summed E-state index contributed by atoms with van der Waals surface area (Å²) < 4.78 is 5.30. The molecule has 1 heterocycles. The normalized spacial score (nSPS) is 18.6. The number of hydrogen-bond acceptors (Lipinski definition) is 3. The zero-order chi connectivity index (χ0) is 14.7. The summed E-state index contributed by atoms with van der Waals surface area (Å²) in [5, 5.41) is 0.00347. The largest absolute Gasteiger partial charge is 0.497 e. The highest BCUT2D eigenvalue weighted by molar-refractivity contribution is 7.99. The average molecular weight is 299 g/mol. The van der Waals surface area contributed by atoms with Crippen LogP contribution in [0.1, 0.15) is 17.4 Å². The molecule has 1 unspecified atom stereocenters. The first kappa shape index (κ1) is 14.0. The van der Waals surface area contributed by atoms with Crippen LogP contribution in [0, 0.1) is 0 Å². The highest BCUT2D eigenvalue weighted by Gasteiger charge is 2.31. The quantitative estimate of drug-likeness (QED) is 0.862. The number of methoxy groups -OCH3 is 1. The highest BCUT2D eigenvalue weighted by atomic mass is 32.2. The van der Waals surface area contributed by atoms with Crippen molar-refractivity contribution in [1.29, 1.82) is 0 Å². The maximum Gasteiger partial charge on any atom is 0.229 e. The number of amides is 1. The Bertz CT molecular complexity index is 630. The lowest BCUT2D eigenvalue weighted by atomic mass is 10.1. The third-order valence-corrected chi connectivity index (χ3v) is 4.75. The van der Waals surface area contributed by atoms with Crippen LogP contribution in [0.4, 0.5) is 5.69 Å². The molecule has 3 nitrogen and oxygen atoms in total. The number of para-hydroxylation sites is 1. The molecule has 0 radical (unpaired) electrons. The molecule has 1 saturated heterocycles. The SMILES string of the molecule is COc1cccc(C2SCCC(=O)N2c2ccccc2)c1. The number of carbonyl (C=O) groups is 1. The first-order chi connectivity index (χ1) is 10.3. The van der Waals surface area contributed by atoms with Crippen molar-refractivity contribution in [3.63, 3.8) is 0 Å². The van der Waals surface area contributed by atoms with E-state index in [-0.39, 0.29) is 11.3 Å². The number of ether oxygens (including phenoxy) is 1. The van der Waals surface area contributed by atoms with Crippen LogP contribution in [0.2, 0.25) is 0 Å². The van der Waals surface area contributed by atoms with Crippen LogP contribution < -0.4 is 9.64 Å². The van der Waals surface area contributed by atoms with Crippen LogP contribution in [0.5, 0.6) is 5.75 Å². The first-order valence-corrected chi connectivity index (χ1v) is 7.97. The highest BCUT2D eigenvalue weighted by Crippen LogP contribution is 2.41. The van der Waals surface area contributed by atoms with Gasteiger partial charge in [-0.05, 0) is 29.8 Å². The van der Waals surface area contributed by atoms with Crippen molar-refractivity contribution in [2.24, 2.45) is 0 Å². The van der Waals surface area contributed by atoms with Crippen molar-refractivity contribution in [3.8, 4) is 5.75 Å². The monoisotopic (exact) mass is 299 g/mol. The molecule has 0 saturated carbocycles. The number of hydrogen-bond donors (Lipinski definition) is 0. The van der Waals surface area contributed by atoms with Gasteiger partial charge >= 0.3 is 0 Å². The van der Waals surface area contributed by atoms with E-state index in [2.05, 4.69) is 6.07 Å². The number of thioether (sulfide) groups is 1. The van der Waals surface area contributed by atoms with Crippen molar-refractivity contribution in [2.75, 3.05) is 17.8 Å².